The lowest BCUT2D eigenvalue weighted by Gasteiger charge is -2.33. The highest BCUT2D eigenvalue weighted by Gasteiger charge is 2.20. The van der Waals surface area contributed by atoms with E-state index in [0.29, 0.717) is 26.2 Å². The summed E-state index contributed by atoms with van der Waals surface area (Å²) in [5.74, 6) is -0.857. The molecule has 1 fully saturated rings. The molecule has 0 aromatic carbocycles. The molecule has 8 heteroatoms. The normalized spacial score (nSPS) is 14.8. The zero-order chi connectivity index (χ0) is 17.7. The highest BCUT2D eigenvalue weighted by atomic mass is 16.2. The van der Waals surface area contributed by atoms with Crippen LogP contribution in [0, 0.1) is 0 Å². The fourth-order valence-corrected chi connectivity index (χ4v) is 2.36. The van der Waals surface area contributed by atoms with Gasteiger partial charge in [-0.1, -0.05) is 0 Å². The van der Waals surface area contributed by atoms with Crippen molar-refractivity contribution in [2.45, 2.75) is 6.92 Å². The molecule has 1 aromatic heterocycles. The maximum absolute atomic E-state index is 12.0. The third kappa shape index (κ3) is 4.31. The Kier molecular flexibility index (Phi) is 5.51. The third-order valence-corrected chi connectivity index (χ3v) is 3.80. The number of rotatable bonds is 3. The van der Waals surface area contributed by atoms with Gasteiger partial charge in [0.05, 0.1) is 0 Å². The van der Waals surface area contributed by atoms with Crippen LogP contribution in [0.3, 0.4) is 0 Å². The quantitative estimate of drug-likeness (QED) is 0.761. The summed E-state index contributed by atoms with van der Waals surface area (Å²) in [5, 5.41) is 2.45. The molecule has 1 aromatic rings. The van der Waals surface area contributed by atoms with E-state index in [2.05, 4.69) is 5.32 Å². The Morgan fingerprint density at radius 3 is 2.33 bits per heavy atom. The summed E-state index contributed by atoms with van der Waals surface area (Å²) in [5.41, 5.74) is -0.178. The second-order valence-corrected chi connectivity index (χ2v) is 5.49. The minimum atomic E-state index is -0.547. The number of carbonyl (C=O) groups is 3. The van der Waals surface area contributed by atoms with E-state index in [-0.39, 0.29) is 23.1 Å². The highest BCUT2D eigenvalue weighted by Crippen LogP contribution is 2.03. The van der Waals surface area contributed by atoms with Gasteiger partial charge in [0.2, 0.25) is 17.7 Å². The van der Waals surface area contributed by atoms with Crippen LogP contribution >= 0.6 is 0 Å². The number of anilines is 1. The third-order valence-electron chi connectivity index (χ3n) is 3.80. The molecule has 8 nitrogen and oxygen atoms in total. The lowest BCUT2D eigenvalue weighted by Crippen LogP contribution is -2.49. The van der Waals surface area contributed by atoms with Crippen molar-refractivity contribution >= 4 is 23.4 Å². The van der Waals surface area contributed by atoms with Crippen LogP contribution in [0.1, 0.15) is 6.92 Å². The monoisotopic (exact) mass is 332 g/mol. The summed E-state index contributed by atoms with van der Waals surface area (Å²) >= 11 is 0. The molecule has 0 unspecified atom stereocenters. The van der Waals surface area contributed by atoms with Gasteiger partial charge in [0.15, 0.2) is 0 Å². The number of aryl methyl sites for hydroxylation is 1. The number of nitrogens with one attached hydrogen (secondary N) is 1. The van der Waals surface area contributed by atoms with Gasteiger partial charge in [0.25, 0.3) is 5.56 Å². The SMILES string of the molecule is CC(=O)N1CCN(C(=O)/C=C/C(=O)Nc2cccn(C)c2=O)CC1. The molecule has 1 N–H and O–H groups in total. The number of piperazine rings is 1. The van der Waals surface area contributed by atoms with Crippen LogP contribution < -0.4 is 10.9 Å². The van der Waals surface area contributed by atoms with E-state index in [1.807, 2.05) is 0 Å². The van der Waals surface area contributed by atoms with Crippen LogP contribution in [0.2, 0.25) is 0 Å². The lowest BCUT2D eigenvalue weighted by atomic mass is 10.3. The summed E-state index contributed by atoms with van der Waals surface area (Å²) in [4.78, 5) is 50.2. The minimum absolute atomic E-state index is 0.0125. The van der Waals surface area contributed by atoms with Crippen molar-refractivity contribution in [3.8, 4) is 0 Å². The van der Waals surface area contributed by atoms with E-state index in [1.165, 1.54) is 23.6 Å². The molecule has 3 amide bonds. The van der Waals surface area contributed by atoms with Crippen molar-refractivity contribution in [2.24, 2.45) is 7.05 Å². The number of aromatic nitrogens is 1. The molecule has 0 atom stereocenters. The molecular formula is C16H20N4O4. The summed E-state index contributed by atoms with van der Waals surface area (Å²) < 4.78 is 1.35. The predicted molar refractivity (Wildman–Crippen MR) is 88.3 cm³/mol. The molecule has 2 rings (SSSR count). The molecule has 0 saturated carbocycles. The molecular weight excluding hydrogens is 312 g/mol. The first kappa shape index (κ1) is 17.5. The van der Waals surface area contributed by atoms with Crippen molar-refractivity contribution in [2.75, 3.05) is 31.5 Å². The lowest BCUT2D eigenvalue weighted by molar-refractivity contribution is -0.135. The Labute approximate surface area is 139 Å². The fourth-order valence-electron chi connectivity index (χ4n) is 2.36. The van der Waals surface area contributed by atoms with E-state index >= 15 is 0 Å². The second-order valence-electron chi connectivity index (χ2n) is 5.49. The van der Waals surface area contributed by atoms with Gasteiger partial charge in [-0.2, -0.15) is 0 Å². The summed E-state index contributed by atoms with van der Waals surface area (Å²) in [6.07, 6.45) is 3.86. The van der Waals surface area contributed by atoms with E-state index in [9.17, 15) is 19.2 Å². The maximum Gasteiger partial charge on any atom is 0.274 e. The first-order valence-electron chi connectivity index (χ1n) is 7.57. The van der Waals surface area contributed by atoms with E-state index in [0.717, 1.165) is 6.08 Å². The first-order valence-corrected chi connectivity index (χ1v) is 7.57. The largest absolute Gasteiger partial charge is 0.339 e. The van der Waals surface area contributed by atoms with Crippen molar-refractivity contribution in [1.29, 1.82) is 0 Å². The maximum atomic E-state index is 12.0. The second kappa shape index (κ2) is 7.58. The molecule has 128 valence electrons. The van der Waals surface area contributed by atoms with Gasteiger partial charge in [-0.15, -0.1) is 0 Å². The average Bonchev–Trinajstić information content (AvgIpc) is 2.57. The van der Waals surface area contributed by atoms with Crippen molar-refractivity contribution in [1.82, 2.24) is 14.4 Å². The van der Waals surface area contributed by atoms with Crippen LogP contribution in [0.15, 0.2) is 35.3 Å². The highest BCUT2D eigenvalue weighted by molar-refractivity contribution is 6.03. The molecule has 0 spiro atoms. The molecule has 0 aliphatic carbocycles. The predicted octanol–water partition coefficient (Wildman–Crippen LogP) is -0.429. The molecule has 0 radical (unpaired) electrons. The number of pyridine rings is 1. The molecule has 0 bridgehead atoms. The average molecular weight is 332 g/mol. The summed E-state index contributed by atoms with van der Waals surface area (Å²) in [7, 11) is 1.58. The zero-order valence-electron chi connectivity index (χ0n) is 13.7. The Morgan fingerprint density at radius 1 is 1.08 bits per heavy atom. The Bertz CT molecular complexity index is 730. The Balaban J connectivity index is 1.90. The van der Waals surface area contributed by atoms with Crippen molar-refractivity contribution < 1.29 is 14.4 Å². The van der Waals surface area contributed by atoms with E-state index < -0.39 is 5.91 Å². The van der Waals surface area contributed by atoms with E-state index in [1.54, 1.807) is 29.1 Å². The van der Waals surface area contributed by atoms with Crippen molar-refractivity contribution in [3.05, 3.63) is 40.8 Å². The minimum Gasteiger partial charge on any atom is -0.339 e. The molecule has 2 heterocycles. The van der Waals surface area contributed by atoms with Gasteiger partial charge in [0, 0.05) is 58.5 Å². The van der Waals surface area contributed by atoms with Crippen LogP contribution in [-0.2, 0) is 21.4 Å². The van der Waals surface area contributed by atoms with Gasteiger partial charge in [-0.3, -0.25) is 19.2 Å². The topological polar surface area (TPSA) is 91.7 Å². The number of hydrogen-bond acceptors (Lipinski definition) is 4. The van der Waals surface area contributed by atoms with Gasteiger partial charge in [-0.05, 0) is 12.1 Å². The van der Waals surface area contributed by atoms with Crippen LogP contribution in [-0.4, -0.2) is 58.3 Å². The first-order chi connectivity index (χ1) is 11.4. The summed E-state index contributed by atoms with van der Waals surface area (Å²) in [6, 6.07) is 3.14. The van der Waals surface area contributed by atoms with Gasteiger partial charge < -0.3 is 19.7 Å². The molecule has 1 aliphatic heterocycles. The number of hydrogen-bond donors (Lipinski definition) is 1. The number of carbonyl (C=O) groups excluding carboxylic acids is 3. The number of amides is 3. The van der Waals surface area contributed by atoms with Gasteiger partial charge in [-0.25, -0.2) is 0 Å². The van der Waals surface area contributed by atoms with Gasteiger partial charge in [0.1, 0.15) is 5.69 Å². The Morgan fingerprint density at radius 2 is 1.71 bits per heavy atom. The van der Waals surface area contributed by atoms with E-state index in [4.69, 9.17) is 0 Å². The summed E-state index contributed by atoms with van der Waals surface area (Å²) in [6.45, 7) is 3.34. The van der Waals surface area contributed by atoms with Crippen molar-refractivity contribution in [3.63, 3.8) is 0 Å². The molecule has 24 heavy (non-hydrogen) atoms. The van der Waals surface area contributed by atoms with Crippen LogP contribution in [0.4, 0.5) is 5.69 Å². The van der Waals surface area contributed by atoms with Crippen LogP contribution in [0.5, 0.6) is 0 Å². The fraction of sp³-hybridized carbons (Fsp3) is 0.375. The Hall–Kier alpha value is -2.90. The zero-order valence-corrected chi connectivity index (χ0v) is 13.7. The molecule has 1 saturated heterocycles. The van der Waals surface area contributed by atoms with Crippen LogP contribution in [0.25, 0.3) is 0 Å². The smallest absolute Gasteiger partial charge is 0.274 e. The molecule has 1 aliphatic rings. The number of nitrogens with zero attached hydrogens (tertiary/aromatic N) is 3. The van der Waals surface area contributed by atoms with Gasteiger partial charge >= 0.3 is 0 Å². The standard InChI is InChI=1S/C16H20N4O4/c1-12(21)19-8-10-20(11-9-19)15(23)6-5-14(22)17-13-4-3-7-18(2)16(13)24/h3-7H,8-11H2,1-2H3,(H,17,22)/b6-5+.